The van der Waals surface area contributed by atoms with Gasteiger partial charge in [0.05, 0.1) is 25.0 Å². The SMILES string of the molecule is CC[C@H]1COCCN1c1cc(CS(C)(=O)=O)cc(S(=O)[O-])n1. The van der Waals surface area contributed by atoms with E-state index in [-0.39, 0.29) is 16.8 Å². The Balaban J connectivity index is 2.43. The molecule has 22 heavy (non-hydrogen) atoms. The predicted octanol–water partition coefficient (Wildman–Crippen LogP) is 0.479. The van der Waals surface area contributed by atoms with E-state index in [0.717, 1.165) is 12.7 Å². The Kier molecular flexibility index (Phi) is 5.54. The minimum Gasteiger partial charge on any atom is -0.767 e. The molecule has 0 saturated carbocycles. The van der Waals surface area contributed by atoms with Crippen LogP contribution in [0, 0.1) is 0 Å². The molecule has 124 valence electrons. The average molecular weight is 347 g/mol. The number of hydrogen-bond donors (Lipinski definition) is 0. The quantitative estimate of drug-likeness (QED) is 0.714. The first-order chi connectivity index (χ1) is 10.3. The van der Waals surface area contributed by atoms with Gasteiger partial charge in [0.2, 0.25) is 0 Å². The van der Waals surface area contributed by atoms with Crippen LogP contribution in [0.3, 0.4) is 0 Å². The summed E-state index contributed by atoms with van der Waals surface area (Å²) in [4.78, 5) is 6.13. The van der Waals surface area contributed by atoms with E-state index >= 15 is 0 Å². The van der Waals surface area contributed by atoms with Crippen molar-refractivity contribution in [2.24, 2.45) is 0 Å². The second-order valence-electron chi connectivity index (χ2n) is 5.31. The van der Waals surface area contributed by atoms with Crippen LogP contribution in [0.2, 0.25) is 0 Å². The Labute approximate surface area is 132 Å². The van der Waals surface area contributed by atoms with Gasteiger partial charge in [-0.3, -0.25) is 4.21 Å². The van der Waals surface area contributed by atoms with Crippen molar-refractivity contribution < 1.29 is 21.9 Å². The fraction of sp³-hybridized carbons (Fsp3) is 0.615. The molecule has 1 saturated heterocycles. The Morgan fingerprint density at radius 3 is 2.82 bits per heavy atom. The molecule has 0 amide bonds. The Bertz CT molecular complexity index is 662. The third-order valence-corrected chi connectivity index (χ3v) is 4.85. The third kappa shape index (κ3) is 4.48. The summed E-state index contributed by atoms with van der Waals surface area (Å²) in [6.07, 6.45) is 1.94. The molecule has 2 heterocycles. The summed E-state index contributed by atoms with van der Waals surface area (Å²) in [5.74, 6) is 0.268. The van der Waals surface area contributed by atoms with Crippen molar-refractivity contribution >= 4 is 26.7 Å². The van der Waals surface area contributed by atoms with Crippen LogP contribution in [0.4, 0.5) is 5.82 Å². The van der Waals surface area contributed by atoms with E-state index in [9.17, 15) is 17.2 Å². The van der Waals surface area contributed by atoms with E-state index < -0.39 is 20.9 Å². The number of hydrogen-bond acceptors (Lipinski definition) is 7. The summed E-state index contributed by atoms with van der Waals surface area (Å²) in [7, 11) is -3.26. The molecule has 0 aromatic carbocycles. The van der Waals surface area contributed by atoms with Gasteiger partial charge in [-0.05, 0) is 35.2 Å². The van der Waals surface area contributed by atoms with Crippen molar-refractivity contribution in [1.29, 1.82) is 0 Å². The molecule has 2 rings (SSSR count). The van der Waals surface area contributed by atoms with Gasteiger partial charge in [0.25, 0.3) is 0 Å². The molecule has 1 aromatic rings. The van der Waals surface area contributed by atoms with E-state index in [1.165, 1.54) is 6.07 Å². The van der Waals surface area contributed by atoms with Gasteiger partial charge in [-0.1, -0.05) is 6.92 Å². The van der Waals surface area contributed by atoms with Crippen LogP contribution in [0.25, 0.3) is 0 Å². The maximum absolute atomic E-state index is 11.5. The third-order valence-electron chi connectivity index (χ3n) is 3.44. The standard InChI is InChI=1S/C13H20N2O5S2/c1-3-11-8-20-5-4-15(11)12-6-10(9-22(2,18)19)7-13(14-12)21(16)17/h6-7,11H,3-5,8-9H2,1-2H3,(H,16,17)/p-1/t11-/m0/s1. The molecule has 1 fully saturated rings. The first-order valence-electron chi connectivity index (χ1n) is 6.92. The Morgan fingerprint density at radius 1 is 1.50 bits per heavy atom. The monoisotopic (exact) mass is 347 g/mol. The van der Waals surface area contributed by atoms with Crippen molar-refractivity contribution in [3.63, 3.8) is 0 Å². The highest BCUT2D eigenvalue weighted by molar-refractivity contribution is 7.89. The molecule has 0 N–H and O–H groups in total. The average Bonchev–Trinajstić information content (AvgIpc) is 2.45. The summed E-state index contributed by atoms with van der Waals surface area (Å²) in [5, 5.41) is -0.141. The number of ether oxygens (including phenoxy) is 1. The maximum atomic E-state index is 11.5. The fourth-order valence-electron chi connectivity index (χ4n) is 2.46. The van der Waals surface area contributed by atoms with E-state index in [1.807, 2.05) is 11.8 Å². The van der Waals surface area contributed by atoms with Crippen LogP contribution in [-0.4, -0.2) is 54.2 Å². The number of morpholine rings is 1. The zero-order chi connectivity index (χ0) is 16.3. The molecule has 0 bridgehead atoms. The maximum Gasteiger partial charge on any atom is 0.151 e. The fourth-order valence-corrected chi connectivity index (χ4v) is 3.64. The molecule has 0 radical (unpaired) electrons. The van der Waals surface area contributed by atoms with Crippen molar-refractivity contribution in [2.75, 3.05) is 30.9 Å². The number of nitrogens with zero attached hydrogens (tertiary/aromatic N) is 2. The molecular formula is C13H19N2O5S2-. The normalized spacial score (nSPS) is 20.9. The first kappa shape index (κ1) is 17.3. The van der Waals surface area contributed by atoms with E-state index in [2.05, 4.69) is 4.98 Å². The summed E-state index contributed by atoms with van der Waals surface area (Å²) >= 11 is -2.51. The lowest BCUT2D eigenvalue weighted by Crippen LogP contribution is -2.45. The summed E-state index contributed by atoms with van der Waals surface area (Å²) in [6, 6.07) is 3.04. The Hall–Kier alpha value is -1.03. The molecule has 1 aromatic heterocycles. The van der Waals surface area contributed by atoms with Crippen LogP contribution in [-0.2, 0) is 31.4 Å². The highest BCUT2D eigenvalue weighted by Crippen LogP contribution is 2.23. The molecule has 1 unspecified atom stereocenters. The summed E-state index contributed by atoms with van der Waals surface area (Å²) in [6.45, 7) is 3.69. The molecule has 1 aliphatic rings. The van der Waals surface area contributed by atoms with Gasteiger partial charge in [0, 0.05) is 12.8 Å². The van der Waals surface area contributed by atoms with Crippen LogP contribution in [0.5, 0.6) is 0 Å². The highest BCUT2D eigenvalue weighted by atomic mass is 32.2. The van der Waals surface area contributed by atoms with Crippen molar-refractivity contribution in [1.82, 2.24) is 4.98 Å². The zero-order valence-corrected chi connectivity index (χ0v) is 14.2. The molecule has 2 atom stereocenters. The molecule has 9 heteroatoms. The molecule has 0 spiro atoms. The first-order valence-corrected chi connectivity index (χ1v) is 10.1. The zero-order valence-electron chi connectivity index (χ0n) is 12.5. The van der Waals surface area contributed by atoms with Gasteiger partial charge < -0.3 is 14.2 Å². The summed E-state index contributed by atoms with van der Waals surface area (Å²) in [5.41, 5.74) is 0.424. The topological polar surface area (TPSA) is 99.6 Å². The van der Waals surface area contributed by atoms with Crippen molar-refractivity contribution in [3.8, 4) is 0 Å². The number of pyridine rings is 1. The van der Waals surface area contributed by atoms with Gasteiger partial charge >= 0.3 is 0 Å². The smallest absolute Gasteiger partial charge is 0.151 e. The lowest BCUT2D eigenvalue weighted by atomic mass is 10.1. The van der Waals surface area contributed by atoms with Gasteiger partial charge in [-0.25, -0.2) is 13.4 Å². The number of sulfone groups is 1. The van der Waals surface area contributed by atoms with Gasteiger partial charge in [0.15, 0.2) is 9.84 Å². The largest absolute Gasteiger partial charge is 0.767 e. The Morgan fingerprint density at radius 2 is 2.23 bits per heavy atom. The molecular weight excluding hydrogens is 328 g/mol. The number of rotatable bonds is 5. The second kappa shape index (κ2) is 7.03. The molecule has 7 nitrogen and oxygen atoms in total. The lowest BCUT2D eigenvalue weighted by Gasteiger charge is -2.36. The van der Waals surface area contributed by atoms with Gasteiger partial charge in [-0.15, -0.1) is 0 Å². The van der Waals surface area contributed by atoms with E-state index in [0.29, 0.717) is 31.1 Å². The van der Waals surface area contributed by atoms with Crippen molar-refractivity contribution in [2.45, 2.75) is 30.2 Å². The van der Waals surface area contributed by atoms with Crippen LogP contribution < -0.4 is 4.90 Å². The van der Waals surface area contributed by atoms with Gasteiger partial charge in [-0.2, -0.15) is 0 Å². The minimum atomic E-state index is -3.26. The van der Waals surface area contributed by atoms with Crippen molar-refractivity contribution in [3.05, 3.63) is 17.7 Å². The lowest BCUT2D eigenvalue weighted by molar-refractivity contribution is 0.0925. The minimum absolute atomic E-state index is 0.0997. The number of anilines is 1. The second-order valence-corrected chi connectivity index (χ2v) is 8.33. The van der Waals surface area contributed by atoms with Crippen LogP contribution in [0.15, 0.2) is 17.2 Å². The molecule has 1 aliphatic heterocycles. The van der Waals surface area contributed by atoms with E-state index in [4.69, 9.17) is 4.74 Å². The van der Waals surface area contributed by atoms with Crippen LogP contribution >= 0.6 is 0 Å². The molecule has 0 aliphatic carbocycles. The predicted molar refractivity (Wildman–Crippen MR) is 82.2 cm³/mol. The van der Waals surface area contributed by atoms with Crippen LogP contribution in [0.1, 0.15) is 18.9 Å². The summed E-state index contributed by atoms with van der Waals surface area (Å²) < 4.78 is 50.9. The van der Waals surface area contributed by atoms with E-state index in [1.54, 1.807) is 6.07 Å². The highest BCUT2D eigenvalue weighted by Gasteiger charge is 2.23. The van der Waals surface area contributed by atoms with Gasteiger partial charge in [0.1, 0.15) is 10.8 Å². The number of aromatic nitrogens is 1.